The summed E-state index contributed by atoms with van der Waals surface area (Å²) in [4.78, 5) is 0. The predicted octanol–water partition coefficient (Wildman–Crippen LogP) is 5.38. The van der Waals surface area contributed by atoms with Crippen LogP contribution in [0.3, 0.4) is 0 Å². The molecule has 0 N–H and O–H groups in total. The quantitative estimate of drug-likeness (QED) is 0.643. The normalized spacial score (nSPS) is 10.5. The first kappa shape index (κ1) is 13.0. The number of hydrogen-bond donors (Lipinski definition) is 0. The molecule has 3 heteroatoms. The molecule has 0 aliphatic carbocycles. The number of ether oxygens (including phenoxy) is 1. The highest BCUT2D eigenvalue weighted by molar-refractivity contribution is 9.10. The molecule has 0 spiro atoms. The lowest BCUT2D eigenvalue weighted by Gasteiger charge is -2.00. The number of methoxy groups -OCH3 is 1. The van der Waals surface area contributed by atoms with Gasteiger partial charge in [-0.3, -0.25) is 0 Å². The zero-order valence-corrected chi connectivity index (χ0v) is 12.6. The molecule has 2 nitrogen and oxygen atoms in total. The minimum Gasteiger partial charge on any atom is -0.497 e. The molecule has 3 rings (SSSR count). The van der Waals surface area contributed by atoms with E-state index in [0.29, 0.717) is 0 Å². The summed E-state index contributed by atoms with van der Waals surface area (Å²) in [5.41, 5.74) is 3.24. The fourth-order valence-electron chi connectivity index (χ4n) is 2.04. The van der Waals surface area contributed by atoms with Gasteiger partial charge in [0.05, 0.1) is 13.4 Å². The molecule has 0 atom stereocenters. The van der Waals surface area contributed by atoms with Gasteiger partial charge in [-0.1, -0.05) is 28.1 Å². The molecule has 0 saturated carbocycles. The zero-order valence-electron chi connectivity index (χ0n) is 11.0. The molecule has 0 bridgehead atoms. The lowest BCUT2D eigenvalue weighted by atomic mass is 10.1. The lowest BCUT2D eigenvalue weighted by Crippen LogP contribution is -1.81. The summed E-state index contributed by atoms with van der Waals surface area (Å²) in [6.45, 7) is 0. The van der Waals surface area contributed by atoms with Gasteiger partial charge in [-0.15, -0.1) is 0 Å². The summed E-state index contributed by atoms with van der Waals surface area (Å²) in [6, 6.07) is 18.1. The minimum absolute atomic E-state index is 0.841. The minimum atomic E-state index is 0.841. The Morgan fingerprint density at radius 3 is 2.15 bits per heavy atom. The van der Waals surface area contributed by atoms with Crippen LogP contribution in [0.4, 0.5) is 0 Å². The first-order valence-electron chi connectivity index (χ1n) is 6.25. The Bertz CT molecular complexity index is 697. The third-order valence-electron chi connectivity index (χ3n) is 3.15. The van der Waals surface area contributed by atoms with E-state index in [2.05, 4.69) is 28.1 Å². The number of halogens is 1. The predicted molar refractivity (Wildman–Crippen MR) is 83.8 cm³/mol. The molecule has 100 valence electrons. The summed E-state index contributed by atoms with van der Waals surface area (Å²) >= 11 is 3.44. The van der Waals surface area contributed by atoms with E-state index < -0.39 is 0 Å². The molecule has 20 heavy (non-hydrogen) atoms. The van der Waals surface area contributed by atoms with Gasteiger partial charge in [0.1, 0.15) is 11.5 Å². The molecule has 1 aromatic heterocycles. The van der Waals surface area contributed by atoms with Crippen LogP contribution in [-0.2, 0) is 0 Å². The largest absolute Gasteiger partial charge is 0.497 e. The fraction of sp³-hybridized carbons (Fsp3) is 0.0588. The lowest BCUT2D eigenvalue weighted by molar-refractivity contribution is 0.415. The number of furan rings is 1. The van der Waals surface area contributed by atoms with Crippen molar-refractivity contribution in [2.45, 2.75) is 0 Å². The van der Waals surface area contributed by atoms with Gasteiger partial charge in [-0.05, 0) is 48.0 Å². The molecule has 3 aromatic rings. The second kappa shape index (κ2) is 5.55. The van der Waals surface area contributed by atoms with E-state index in [0.717, 1.165) is 32.7 Å². The first-order chi connectivity index (χ1) is 9.76. The van der Waals surface area contributed by atoms with Crippen molar-refractivity contribution in [1.82, 2.24) is 0 Å². The highest BCUT2D eigenvalue weighted by atomic mass is 79.9. The van der Waals surface area contributed by atoms with Crippen LogP contribution in [0.25, 0.3) is 22.5 Å². The van der Waals surface area contributed by atoms with Crippen LogP contribution in [-0.4, -0.2) is 7.11 Å². The Kier molecular flexibility index (Phi) is 3.61. The van der Waals surface area contributed by atoms with Crippen LogP contribution >= 0.6 is 15.9 Å². The molecule has 0 unspecified atom stereocenters. The first-order valence-corrected chi connectivity index (χ1v) is 7.04. The summed E-state index contributed by atoms with van der Waals surface area (Å²) in [5, 5.41) is 0. The van der Waals surface area contributed by atoms with E-state index in [4.69, 9.17) is 9.15 Å². The third kappa shape index (κ3) is 2.63. The van der Waals surface area contributed by atoms with E-state index in [-0.39, 0.29) is 0 Å². The Morgan fingerprint density at radius 1 is 0.850 bits per heavy atom. The van der Waals surface area contributed by atoms with Gasteiger partial charge in [0.25, 0.3) is 0 Å². The Hall–Kier alpha value is -2.00. The molecule has 0 aliphatic heterocycles. The molecule has 0 amide bonds. The van der Waals surface area contributed by atoms with Gasteiger partial charge < -0.3 is 9.15 Å². The molecule has 0 aliphatic rings. The van der Waals surface area contributed by atoms with Crippen molar-refractivity contribution < 1.29 is 9.15 Å². The van der Waals surface area contributed by atoms with E-state index in [1.807, 2.05) is 42.5 Å². The second-order valence-corrected chi connectivity index (χ2v) is 5.35. The van der Waals surface area contributed by atoms with Crippen LogP contribution in [0, 0.1) is 0 Å². The Balaban J connectivity index is 1.91. The zero-order chi connectivity index (χ0) is 13.9. The van der Waals surface area contributed by atoms with Gasteiger partial charge in [0.15, 0.2) is 0 Å². The molecule has 2 aromatic carbocycles. The monoisotopic (exact) mass is 328 g/mol. The fourth-order valence-corrected chi connectivity index (χ4v) is 2.30. The maximum absolute atomic E-state index is 5.66. The summed E-state index contributed by atoms with van der Waals surface area (Å²) < 4.78 is 11.9. The number of rotatable bonds is 3. The number of hydrogen-bond acceptors (Lipinski definition) is 2. The average Bonchev–Trinajstić information content (AvgIpc) is 2.98. The van der Waals surface area contributed by atoms with E-state index >= 15 is 0 Å². The molecule has 1 heterocycles. The van der Waals surface area contributed by atoms with Crippen molar-refractivity contribution in [3.8, 4) is 28.2 Å². The van der Waals surface area contributed by atoms with Gasteiger partial charge in [0, 0.05) is 15.6 Å². The molecular weight excluding hydrogens is 316 g/mol. The highest BCUT2D eigenvalue weighted by Gasteiger charge is 2.06. The molecule has 0 radical (unpaired) electrons. The van der Waals surface area contributed by atoms with Crippen LogP contribution in [0.1, 0.15) is 0 Å². The topological polar surface area (TPSA) is 22.4 Å². The Morgan fingerprint density at radius 2 is 1.50 bits per heavy atom. The van der Waals surface area contributed by atoms with Crippen molar-refractivity contribution in [1.29, 1.82) is 0 Å². The van der Waals surface area contributed by atoms with Gasteiger partial charge in [-0.2, -0.15) is 0 Å². The van der Waals surface area contributed by atoms with Crippen LogP contribution in [0.2, 0.25) is 0 Å². The standard InChI is InChI=1S/C17H13BrO2/c1-19-16-8-4-13(5-9-16)17-10-14(11-20-17)12-2-6-15(18)7-3-12/h2-11H,1H3. The smallest absolute Gasteiger partial charge is 0.134 e. The van der Waals surface area contributed by atoms with E-state index in [9.17, 15) is 0 Å². The summed E-state index contributed by atoms with van der Waals surface area (Å²) in [7, 11) is 1.66. The van der Waals surface area contributed by atoms with Gasteiger partial charge >= 0.3 is 0 Å². The van der Waals surface area contributed by atoms with Crippen LogP contribution < -0.4 is 4.74 Å². The van der Waals surface area contributed by atoms with Crippen molar-refractivity contribution in [2.24, 2.45) is 0 Å². The molecular formula is C17H13BrO2. The highest BCUT2D eigenvalue weighted by Crippen LogP contribution is 2.30. The van der Waals surface area contributed by atoms with Crippen LogP contribution in [0.5, 0.6) is 5.75 Å². The maximum Gasteiger partial charge on any atom is 0.134 e. The maximum atomic E-state index is 5.66. The average molecular weight is 329 g/mol. The second-order valence-electron chi connectivity index (χ2n) is 4.44. The summed E-state index contributed by atoms with van der Waals surface area (Å²) in [6.07, 6.45) is 1.78. The summed E-state index contributed by atoms with van der Waals surface area (Å²) in [5.74, 6) is 1.69. The number of benzene rings is 2. The van der Waals surface area contributed by atoms with Crippen LogP contribution in [0.15, 0.2) is 69.8 Å². The van der Waals surface area contributed by atoms with Gasteiger partial charge in [-0.25, -0.2) is 0 Å². The molecule has 0 saturated heterocycles. The SMILES string of the molecule is COc1ccc(-c2cc(-c3ccc(Br)cc3)co2)cc1. The van der Waals surface area contributed by atoms with Crippen molar-refractivity contribution >= 4 is 15.9 Å². The Labute approximate surface area is 126 Å². The molecule has 0 fully saturated rings. The third-order valence-corrected chi connectivity index (χ3v) is 3.68. The van der Waals surface area contributed by atoms with Gasteiger partial charge in [0.2, 0.25) is 0 Å². The van der Waals surface area contributed by atoms with E-state index in [1.54, 1.807) is 13.4 Å². The van der Waals surface area contributed by atoms with Crippen molar-refractivity contribution in [3.63, 3.8) is 0 Å². The van der Waals surface area contributed by atoms with Crippen molar-refractivity contribution in [2.75, 3.05) is 7.11 Å². The van der Waals surface area contributed by atoms with Crippen molar-refractivity contribution in [3.05, 3.63) is 65.3 Å². The van der Waals surface area contributed by atoms with E-state index in [1.165, 1.54) is 0 Å².